The molecule has 0 bridgehead atoms. The molecule has 0 saturated heterocycles. The Balaban J connectivity index is 4.05. The lowest BCUT2D eigenvalue weighted by Crippen LogP contribution is -2.37. The van der Waals surface area contributed by atoms with E-state index in [0.717, 1.165) is 12.8 Å². The third-order valence-corrected chi connectivity index (χ3v) is 1.95. The van der Waals surface area contributed by atoms with Gasteiger partial charge in [-0.3, -0.25) is 4.79 Å². The molecule has 0 aliphatic rings. The van der Waals surface area contributed by atoms with E-state index in [9.17, 15) is 4.79 Å². The molecule has 0 aromatic rings. The normalized spacial score (nSPS) is 9.77. The summed E-state index contributed by atoms with van der Waals surface area (Å²) >= 11 is 0. The van der Waals surface area contributed by atoms with E-state index in [4.69, 9.17) is 6.42 Å². The van der Waals surface area contributed by atoms with Crippen molar-refractivity contribution in [2.45, 2.75) is 46.1 Å². The molecule has 0 aromatic heterocycles. The molecule has 0 spiro atoms. The molecular weight excluding hydrogens is 162 g/mol. The van der Waals surface area contributed by atoms with E-state index in [1.54, 1.807) is 4.90 Å². The Hall–Kier alpha value is -0.970. The lowest BCUT2D eigenvalue weighted by Gasteiger charge is -2.24. The second kappa shape index (κ2) is 6.54. The zero-order valence-corrected chi connectivity index (χ0v) is 8.84. The summed E-state index contributed by atoms with van der Waals surface area (Å²) in [7, 11) is 0. The van der Waals surface area contributed by atoms with E-state index in [2.05, 4.69) is 12.8 Å². The summed E-state index contributed by atoms with van der Waals surface area (Å²) in [6, 6.07) is 0.209. The van der Waals surface area contributed by atoms with E-state index in [1.165, 1.54) is 0 Å². The highest BCUT2D eigenvalue weighted by Crippen LogP contribution is 2.04. The predicted octanol–water partition coefficient (Wildman–Crippen LogP) is 2.05. The number of hydrogen-bond acceptors (Lipinski definition) is 1. The summed E-state index contributed by atoms with van der Waals surface area (Å²) in [6.45, 7) is 6.48. The van der Waals surface area contributed by atoms with Crippen molar-refractivity contribution < 1.29 is 4.79 Å². The van der Waals surface area contributed by atoms with Crippen LogP contribution >= 0.6 is 0 Å². The van der Waals surface area contributed by atoms with E-state index < -0.39 is 0 Å². The maximum absolute atomic E-state index is 11.6. The molecule has 74 valence electrons. The summed E-state index contributed by atoms with van der Waals surface area (Å²) in [4.78, 5) is 13.3. The Morgan fingerprint density at radius 2 is 2.15 bits per heavy atom. The maximum atomic E-state index is 11.6. The van der Waals surface area contributed by atoms with E-state index in [-0.39, 0.29) is 11.9 Å². The highest BCUT2D eigenvalue weighted by Gasteiger charge is 2.14. The average molecular weight is 181 g/mol. The third-order valence-electron chi connectivity index (χ3n) is 1.95. The smallest absolute Gasteiger partial charge is 0.223 e. The number of carbonyl (C=O) groups is 1. The minimum absolute atomic E-state index is 0.176. The van der Waals surface area contributed by atoms with E-state index in [1.807, 2.05) is 13.8 Å². The van der Waals surface area contributed by atoms with Crippen molar-refractivity contribution in [2.24, 2.45) is 0 Å². The van der Waals surface area contributed by atoms with Crippen molar-refractivity contribution in [3.8, 4) is 12.3 Å². The quantitative estimate of drug-likeness (QED) is 0.594. The van der Waals surface area contributed by atoms with Crippen LogP contribution < -0.4 is 0 Å². The van der Waals surface area contributed by atoms with E-state index >= 15 is 0 Å². The number of terminal acetylenes is 1. The Kier molecular flexibility index (Phi) is 6.05. The van der Waals surface area contributed by atoms with Crippen LogP contribution in [0.15, 0.2) is 0 Å². The first-order valence-electron chi connectivity index (χ1n) is 4.86. The number of nitrogens with zero attached hydrogens (tertiary/aromatic N) is 1. The standard InChI is InChI=1S/C11H19NO/c1-5-7-8-11(13)12(9-6-2)10(3)4/h2,10H,5,7-9H2,1,3-4H3. The van der Waals surface area contributed by atoms with Crippen LogP contribution in [0.1, 0.15) is 40.0 Å². The van der Waals surface area contributed by atoms with Gasteiger partial charge < -0.3 is 4.90 Å². The van der Waals surface area contributed by atoms with Gasteiger partial charge in [0.15, 0.2) is 0 Å². The first-order valence-corrected chi connectivity index (χ1v) is 4.86. The molecule has 0 aliphatic carbocycles. The van der Waals surface area contributed by atoms with Gasteiger partial charge in [0.1, 0.15) is 0 Å². The molecular formula is C11H19NO. The van der Waals surface area contributed by atoms with Crippen LogP contribution in [0.25, 0.3) is 0 Å². The minimum Gasteiger partial charge on any atom is -0.329 e. The molecule has 0 aromatic carbocycles. The van der Waals surface area contributed by atoms with Crippen molar-refractivity contribution in [3.05, 3.63) is 0 Å². The van der Waals surface area contributed by atoms with Crippen molar-refractivity contribution >= 4 is 5.91 Å². The van der Waals surface area contributed by atoms with Crippen LogP contribution in [0.3, 0.4) is 0 Å². The lowest BCUT2D eigenvalue weighted by molar-refractivity contribution is -0.132. The molecule has 0 unspecified atom stereocenters. The summed E-state index contributed by atoms with van der Waals surface area (Å²) < 4.78 is 0. The predicted molar refractivity (Wildman–Crippen MR) is 55.2 cm³/mol. The second-order valence-corrected chi connectivity index (χ2v) is 3.42. The van der Waals surface area contributed by atoms with Gasteiger partial charge in [-0.2, -0.15) is 0 Å². The molecule has 1 amide bonds. The van der Waals surface area contributed by atoms with Gasteiger partial charge in [-0.15, -0.1) is 6.42 Å². The van der Waals surface area contributed by atoms with Crippen LogP contribution in [-0.4, -0.2) is 23.4 Å². The number of carbonyl (C=O) groups excluding carboxylic acids is 1. The SMILES string of the molecule is C#CCN(C(=O)CCCC)C(C)C. The monoisotopic (exact) mass is 181 g/mol. The molecule has 0 atom stereocenters. The number of hydrogen-bond donors (Lipinski definition) is 0. The highest BCUT2D eigenvalue weighted by molar-refractivity contribution is 5.76. The molecule has 0 fully saturated rings. The second-order valence-electron chi connectivity index (χ2n) is 3.42. The minimum atomic E-state index is 0.176. The van der Waals surface area contributed by atoms with Gasteiger partial charge in [-0.25, -0.2) is 0 Å². The molecule has 0 aliphatic heterocycles. The van der Waals surface area contributed by atoms with Crippen molar-refractivity contribution in [2.75, 3.05) is 6.54 Å². The zero-order chi connectivity index (χ0) is 10.3. The Labute approximate surface area is 81.3 Å². The molecule has 0 heterocycles. The van der Waals surface area contributed by atoms with Gasteiger partial charge >= 0.3 is 0 Å². The topological polar surface area (TPSA) is 20.3 Å². The van der Waals surface area contributed by atoms with Crippen LogP contribution in [0.5, 0.6) is 0 Å². The first kappa shape index (κ1) is 12.0. The fourth-order valence-corrected chi connectivity index (χ4v) is 1.13. The maximum Gasteiger partial charge on any atom is 0.223 e. The van der Waals surface area contributed by atoms with Gasteiger partial charge in [-0.05, 0) is 20.3 Å². The van der Waals surface area contributed by atoms with Crippen LogP contribution in [0, 0.1) is 12.3 Å². The summed E-state index contributed by atoms with van der Waals surface area (Å²) in [5.74, 6) is 2.69. The van der Waals surface area contributed by atoms with Gasteiger partial charge in [0.2, 0.25) is 5.91 Å². The van der Waals surface area contributed by atoms with Crippen molar-refractivity contribution in [3.63, 3.8) is 0 Å². The number of rotatable bonds is 5. The van der Waals surface area contributed by atoms with E-state index in [0.29, 0.717) is 13.0 Å². The first-order chi connectivity index (χ1) is 6.13. The van der Waals surface area contributed by atoms with Crippen molar-refractivity contribution in [1.82, 2.24) is 4.90 Å². The summed E-state index contributed by atoms with van der Waals surface area (Å²) in [5, 5.41) is 0. The van der Waals surface area contributed by atoms with Gasteiger partial charge in [0, 0.05) is 12.5 Å². The van der Waals surface area contributed by atoms with Gasteiger partial charge in [0.25, 0.3) is 0 Å². The van der Waals surface area contributed by atoms with Crippen LogP contribution in [-0.2, 0) is 4.79 Å². The Bertz CT molecular complexity index is 191. The molecule has 0 rings (SSSR count). The molecule has 0 saturated carbocycles. The summed E-state index contributed by atoms with van der Waals surface area (Å²) in [6.07, 6.45) is 7.81. The molecule has 0 N–H and O–H groups in total. The van der Waals surface area contributed by atoms with Gasteiger partial charge in [0.05, 0.1) is 6.54 Å². The number of amides is 1. The number of unbranched alkanes of at least 4 members (excludes halogenated alkanes) is 1. The van der Waals surface area contributed by atoms with Crippen LogP contribution in [0.2, 0.25) is 0 Å². The molecule has 0 radical (unpaired) electrons. The summed E-state index contributed by atoms with van der Waals surface area (Å²) in [5.41, 5.74) is 0. The van der Waals surface area contributed by atoms with Crippen molar-refractivity contribution in [1.29, 1.82) is 0 Å². The largest absolute Gasteiger partial charge is 0.329 e. The Morgan fingerprint density at radius 1 is 1.54 bits per heavy atom. The Morgan fingerprint density at radius 3 is 2.54 bits per heavy atom. The molecule has 2 nitrogen and oxygen atoms in total. The molecule has 2 heteroatoms. The zero-order valence-electron chi connectivity index (χ0n) is 8.84. The fourth-order valence-electron chi connectivity index (χ4n) is 1.13. The average Bonchev–Trinajstić information content (AvgIpc) is 2.09. The highest BCUT2D eigenvalue weighted by atomic mass is 16.2. The van der Waals surface area contributed by atoms with Gasteiger partial charge in [-0.1, -0.05) is 19.3 Å². The fraction of sp³-hybridized carbons (Fsp3) is 0.727. The molecule has 13 heavy (non-hydrogen) atoms. The third kappa shape index (κ3) is 4.57. The lowest BCUT2D eigenvalue weighted by atomic mass is 10.2. The van der Waals surface area contributed by atoms with Crippen LogP contribution in [0.4, 0.5) is 0 Å².